The van der Waals surface area contributed by atoms with E-state index >= 15 is 0 Å². The summed E-state index contributed by atoms with van der Waals surface area (Å²) >= 11 is 0. The number of carbonyl (C=O) groups is 3. The van der Waals surface area contributed by atoms with Crippen LogP contribution in [0.25, 0.3) is 11.1 Å². The molecule has 2 N–H and O–H groups in total. The van der Waals surface area contributed by atoms with Gasteiger partial charge in [-0.1, -0.05) is 69.3 Å². The van der Waals surface area contributed by atoms with Gasteiger partial charge in [0.25, 0.3) is 0 Å². The van der Waals surface area contributed by atoms with Gasteiger partial charge < -0.3 is 20.1 Å². The molecule has 2 aromatic carbocycles. The minimum Gasteiger partial charge on any atom is -0.480 e. The van der Waals surface area contributed by atoms with Gasteiger partial charge in [-0.15, -0.1) is 0 Å². The lowest BCUT2D eigenvalue weighted by molar-refractivity contribution is -0.159. The van der Waals surface area contributed by atoms with Gasteiger partial charge in [0.1, 0.15) is 18.2 Å². The summed E-state index contributed by atoms with van der Waals surface area (Å²) in [7, 11) is 0. The third-order valence-electron chi connectivity index (χ3n) is 7.57. The summed E-state index contributed by atoms with van der Waals surface area (Å²) in [5, 5.41) is 12.6. The predicted molar refractivity (Wildman–Crippen MR) is 133 cm³/mol. The Morgan fingerprint density at radius 2 is 1.63 bits per heavy atom. The third kappa shape index (κ3) is 4.64. The van der Waals surface area contributed by atoms with E-state index in [2.05, 4.69) is 17.4 Å². The molecule has 1 aliphatic carbocycles. The van der Waals surface area contributed by atoms with E-state index < -0.39 is 23.6 Å². The molecule has 4 unspecified atom stereocenters. The highest BCUT2D eigenvalue weighted by molar-refractivity contribution is 5.92. The Morgan fingerprint density at radius 3 is 2.17 bits per heavy atom. The molecule has 2 amide bonds. The number of carbonyl (C=O) groups excluding carboxylic acids is 2. The van der Waals surface area contributed by atoms with Crippen molar-refractivity contribution in [1.29, 1.82) is 0 Å². The van der Waals surface area contributed by atoms with Gasteiger partial charge in [0.05, 0.1) is 0 Å². The van der Waals surface area contributed by atoms with Crippen molar-refractivity contribution in [3.05, 3.63) is 59.7 Å². The molecule has 4 rings (SSSR count). The summed E-state index contributed by atoms with van der Waals surface area (Å²) in [6.07, 6.45) is 0.361. The molecule has 0 bridgehead atoms. The maximum Gasteiger partial charge on any atom is 0.408 e. The molecule has 0 aromatic heterocycles. The minimum atomic E-state index is -1.27. The quantitative estimate of drug-likeness (QED) is 0.630. The highest BCUT2D eigenvalue weighted by Crippen LogP contribution is 2.44. The Hall–Kier alpha value is -3.35. The zero-order valence-corrected chi connectivity index (χ0v) is 20.8. The maximum atomic E-state index is 13.6. The van der Waals surface area contributed by atoms with E-state index in [9.17, 15) is 19.5 Å². The molecule has 0 saturated carbocycles. The number of aliphatic carboxylic acids is 1. The first-order valence-electron chi connectivity index (χ1n) is 12.3. The summed E-state index contributed by atoms with van der Waals surface area (Å²) in [6.45, 7) is 7.80. The Morgan fingerprint density at radius 1 is 1.06 bits per heavy atom. The van der Waals surface area contributed by atoms with E-state index in [1.165, 1.54) is 4.90 Å². The number of nitrogens with one attached hydrogen (secondary N) is 1. The molecule has 2 aromatic rings. The van der Waals surface area contributed by atoms with Crippen LogP contribution < -0.4 is 5.32 Å². The molecule has 4 atom stereocenters. The molecule has 7 nitrogen and oxygen atoms in total. The smallest absolute Gasteiger partial charge is 0.408 e. The van der Waals surface area contributed by atoms with Gasteiger partial charge in [0.2, 0.25) is 5.91 Å². The van der Waals surface area contributed by atoms with Crippen LogP contribution in [0.15, 0.2) is 48.5 Å². The number of ether oxygens (including phenoxy) is 1. The summed E-state index contributed by atoms with van der Waals surface area (Å²) in [6, 6.07) is 15.3. The van der Waals surface area contributed by atoms with Crippen LogP contribution in [0.1, 0.15) is 57.6 Å². The van der Waals surface area contributed by atoms with Crippen molar-refractivity contribution in [2.45, 2.75) is 58.0 Å². The molecule has 1 fully saturated rings. The number of hydrogen-bond donors (Lipinski definition) is 2. The first-order valence-corrected chi connectivity index (χ1v) is 12.3. The number of likely N-dealkylation sites (tertiary alicyclic amines) is 1. The van der Waals surface area contributed by atoms with Crippen molar-refractivity contribution in [3.63, 3.8) is 0 Å². The largest absolute Gasteiger partial charge is 0.480 e. The fourth-order valence-corrected chi connectivity index (χ4v) is 5.65. The standard InChI is InChI=1S/C28H34N2O5/c1-5-28(4,26(33)30-15-17(2)14-18(3)24(30)25(31)32)29-27(34)35-16-23-21-12-8-6-10-19(21)20-11-7-9-13-22(20)23/h6-13,17-18,23-24H,5,14-16H2,1-4H3,(H,29,34)(H,31,32). The molecular weight excluding hydrogens is 444 g/mol. The first-order chi connectivity index (χ1) is 16.7. The summed E-state index contributed by atoms with van der Waals surface area (Å²) in [5.74, 6) is -1.48. The molecule has 0 radical (unpaired) electrons. The molecule has 7 heteroatoms. The van der Waals surface area contributed by atoms with Crippen molar-refractivity contribution in [1.82, 2.24) is 10.2 Å². The fourth-order valence-electron chi connectivity index (χ4n) is 5.65. The first kappa shape index (κ1) is 24.8. The Balaban J connectivity index is 1.48. The van der Waals surface area contributed by atoms with E-state index in [1.807, 2.05) is 50.2 Å². The van der Waals surface area contributed by atoms with Gasteiger partial charge in [-0.3, -0.25) is 4.79 Å². The highest BCUT2D eigenvalue weighted by Gasteiger charge is 2.46. The second kappa shape index (κ2) is 9.72. The van der Waals surface area contributed by atoms with Crippen molar-refractivity contribution in [2.24, 2.45) is 11.8 Å². The lowest BCUT2D eigenvalue weighted by Gasteiger charge is -2.44. The zero-order valence-electron chi connectivity index (χ0n) is 20.8. The number of fused-ring (bicyclic) bond motifs is 3. The van der Waals surface area contributed by atoms with Gasteiger partial charge in [0.15, 0.2) is 0 Å². The van der Waals surface area contributed by atoms with Crippen LogP contribution in [0.5, 0.6) is 0 Å². The molecule has 1 heterocycles. The van der Waals surface area contributed by atoms with Crippen molar-refractivity contribution < 1.29 is 24.2 Å². The van der Waals surface area contributed by atoms with Crippen molar-refractivity contribution in [3.8, 4) is 11.1 Å². The van der Waals surface area contributed by atoms with E-state index in [1.54, 1.807) is 13.8 Å². The molecular formula is C28H34N2O5. The van der Waals surface area contributed by atoms with Crippen LogP contribution in [0.4, 0.5) is 4.79 Å². The monoisotopic (exact) mass is 478 g/mol. The number of hydrogen-bond acceptors (Lipinski definition) is 4. The Kier molecular flexibility index (Phi) is 6.88. The van der Waals surface area contributed by atoms with Crippen LogP contribution in [0, 0.1) is 11.8 Å². The number of carboxylic acid groups (broad SMARTS) is 1. The van der Waals surface area contributed by atoms with E-state index in [4.69, 9.17) is 4.74 Å². The molecule has 2 aliphatic rings. The number of alkyl carbamates (subject to hydrolysis) is 1. The number of carboxylic acids is 1. The van der Waals surface area contributed by atoms with Crippen LogP contribution in [-0.4, -0.2) is 52.7 Å². The number of benzene rings is 2. The number of rotatable bonds is 6. The number of piperidine rings is 1. The molecule has 0 spiro atoms. The van der Waals surface area contributed by atoms with Gasteiger partial charge in [-0.25, -0.2) is 9.59 Å². The predicted octanol–water partition coefficient (Wildman–Crippen LogP) is 4.65. The van der Waals surface area contributed by atoms with Gasteiger partial charge >= 0.3 is 12.1 Å². The Bertz CT molecular complexity index is 1090. The van der Waals surface area contributed by atoms with Crippen molar-refractivity contribution in [2.75, 3.05) is 13.2 Å². The molecule has 1 saturated heterocycles. The van der Waals surface area contributed by atoms with Gasteiger partial charge in [-0.05, 0) is 53.9 Å². The zero-order chi connectivity index (χ0) is 25.3. The van der Waals surface area contributed by atoms with Crippen LogP contribution in [0.2, 0.25) is 0 Å². The van der Waals surface area contributed by atoms with Gasteiger partial charge in [0, 0.05) is 12.5 Å². The summed E-state index contributed by atoms with van der Waals surface area (Å²) in [5.41, 5.74) is 3.22. The topological polar surface area (TPSA) is 95.9 Å². The maximum absolute atomic E-state index is 13.6. The van der Waals surface area contributed by atoms with E-state index in [0.717, 1.165) is 28.7 Å². The SMILES string of the molecule is CCC(C)(NC(=O)OCC1c2ccccc2-c2ccccc21)C(=O)N1CC(C)CC(C)C1C(=O)O. The normalized spacial score (nSPS) is 23.1. The molecule has 186 valence electrons. The number of amides is 2. The Labute approximate surface area is 206 Å². The van der Waals surface area contributed by atoms with E-state index in [-0.39, 0.29) is 30.3 Å². The number of nitrogens with zero attached hydrogens (tertiary/aromatic N) is 1. The lowest BCUT2D eigenvalue weighted by atomic mass is 9.83. The van der Waals surface area contributed by atoms with Gasteiger partial charge in [-0.2, -0.15) is 0 Å². The molecule has 35 heavy (non-hydrogen) atoms. The molecule has 1 aliphatic heterocycles. The van der Waals surface area contributed by atoms with Crippen LogP contribution >= 0.6 is 0 Å². The minimum absolute atomic E-state index is 0.0862. The average Bonchev–Trinajstić information content (AvgIpc) is 3.15. The summed E-state index contributed by atoms with van der Waals surface area (Å²) in [4.78, 5) is 39.9. The lowest BCUT2D eigenvalue weighted by Crippen LogP contribution is -2.64. The highest BCUT2D eigenvalue weighted by atomic mass is 16.5. The second-order valence-electron chi connectivity index (χ2n) is 10.2. The van der Waals surface area contributed by atoms with Crippen LogP contribution in [-0.2, 0) is 14.3 Å². The van der Waals surface area contributed by atoms with Crippen molar-refractivity contribution >= 4 is 18.0 Å². The van der Waals surface area contributed by atoms with E-state index in [0.29, 0.717) is 13.0 Å². The second-order valence-corrected chi connectivity index (χ2v) is 10.2. The fraction of sp³-hybridized carbons (Fsp3) is 0.464. The third-order valence-corrected chi connectivity index (χ3v) is 7.57. The summed E-state index contributed by atoms with van der Waals surface area (Å²) < 4.78 is 5.65. The average molecular weight is 479 g/mol. The van der Waals surface area contributed by atoms with Crippen LogP contribution in [0.3, 0.4) is 0 Å².